The molecule has 0 spiro atoms. The van der Waals surface area contributed by atoms with Crippen molar-refractivity contribution in [2.24, 2.45) is 0 Å². The summed E-state index contributed by atoms with van der Waals surface area (Å²) in [5.74, 6) is 0. The van der Waals surface area contributed by atoms with E-state index in [0.29, 0.717) is 6.04 Å². The highest BCUT2D eigenvalue weighted by molar-refractivity contribution is 5.46. The first-order valence-corrected chi connectivity index (χ1v) is 8.30. The van der Waals surface area contributed by atoms with Crippen molar-refractivity contribution in [2.45, 2.75) is 51.5 Å². The minimum Gasteiger partial charge on any atom is -0.378 e. The molecule has 1 atom stereocenters. The van der Waals surface area contributed by atoms with Gasteiger partial charge in [-0.25, -0.2) is 0 Å². The summed E-state index contributed by atoms with van der Waals surface area (Å²) in [4.78, 5) is 2.15. The quantitative estimate of drug-likeness (QED) is 0.459. The molecule has 0 aliphatic heterocycles. The minimum absolute atomic E-state index is 0.491. The molecule has 118 valence electrons. The second-order valence-corrected chi connectivity index (χ2v) is 5.92. The summed E-state index contributed by atoms with van der Waals surface area (Å²) >= 11 is 0. The average Bonchev–Trinajstić information content (AvgIpc) is 2.50. The third-order valence-electron chi connectivity index (χ3n) is 3.85. The smallest absolute Gasteiger partial charge is 0.0361 e. The van der Waals surface area contributed by atoms with Gasteiger partial charge in [-0.3, -0.25) is 0 Å². The van der Waals surface area contributed by atoms with Gasteiger partial charge in [-0.15, -0.1) is 6.58 Å². The Labute approximate surface area is 131 Å². The van der Waals surface area contributed by atoms with Crippen LogP contribution in [-0.4, -0.2) is 20.6 Å². The van der Waals surface area contributed by atoms with E-state index in [4.69, 9.17) is 0 Å². The molecule has 1 rings (SSSR count). The lowest BCUT2D eigenvalue weighted by Crippen LogP contribution is -2.22. The van der Waals surface area contributed by atoms with Crippen LogP contribution in [0.15, 0.2) is 36.9 Å². The maximum absolute atomic E-state index is 3.79. The standard InChI is InChI=1S/C19H32N2/c1-5-7-8-9-10-11-19(20-16-6-2)17-12-14-18(15-13-17)21(3)4/h5,12-15,19-20H,1,6-11,16H2,2-4H3. The predicted molar refractivity (Wildman–Crippen MR) is 95.1 cm³/mol. The molecule has 1 unspecified atom stereocenters. The van der Waals surface area contributed by atoms with Gasteiger partial charge in [-0.05, 0) is 49.9 Å². The molecule has 2 heteroatoms. The van der Waals surface area contributed by atoms with Crippen molar-refractivity contribution >= 4 is 5.69 Å². The van der Waals surface area contributed by atoms with Crippen molar-refractivity contribution in [1.29, 1.82) is 0 Å². The molecule has 0 saturated heterocycles. The first-order valence-electron chi connectivity index (χ1n) is 8.30. The summed E-state index contributed by atoms with van der Waals surface area (Å²) in [7, 11) is 4.17. The summed E-state index contributed by atoms with van der Waals surface area (Å²) in [6.07, 6.45) is 9.42. The topological polar surface area (TPSA) is 15.3 Å². The number of hydrogen-bond acceptors (Lipinski definition) is 2. The van der Waals surface area contributed by atoms with Crippen molar-refractivity contribution in [2.75, 3.05) is 25.5 Å². The summed E-state index contributed by atoms with van der Waals surface area (Å²) in [5, 5.41) is 3.69. The Morgan fingerprint density at radius 3 is 2.43 bits per heavy atom. The molecule has 1 aromatic carbocycles. The van der Waals surface area contributed by atoms with E-state index in [9.17, 15) is 0 Å². The fraction of sp³-hybridized carbons (Fsp3) is 0.579. The molecule has 1 N–H and O–H groups in total. The van der Waals surface area contributed by atoms with E-state index in [0.717, 1.165) is 13.0 Å². The summed E-state index contributed by atoms with van der Waals surface area (Å²) in [6.45, 7) is 7.10. The second kappa shape index (κ2) is 10.4. The summed E-state index contributed by atoms with van der Waals surface area (Å²) < 4.78 is 0. The summed E-state index contributed by atoms with van der Waals surface area (Å²) in [6, 6.07) is 9.46. The molecule has 0 aliphatic carbocycles. The molecule has 0 aliphatic rings. The van der Waals surface area contributed by atoms with E-state index in [1.165, 1.54) is 43.4 Å². The van der Waals surface area contributed by atoms with Crippen LogP contribution in [0, 0.1) is 0 Å². The van der Waals surface area contributed by atoms with Gasteiger partial charge in [-0.2, -0.15) is 0 Å². The Balaban J connectivity index is 2.56. The van der Waals surface area contributed by atoms with Crippen LogP contribution in [0.2, 0.25) is 0 Å². The highest BCUT2D eigenvalue weighted by Crippen LogP contribution is 2.23. The van der Waals surface area contributed by atoms with Crippen LogP contribution >= 0.6 is 0 Å². The monoisotopic (exact) mass is 288 g/mol. The zero-order chi connectivity index (χ0) is 15.5. The van der Waals surface area contributed by atoms with E-state index in [1.54, 1.807) is 0 Å². The van der Waals surface area contributed by atoms with Gasteiger partial charge in [0, 0.05) is 25.8 Å². The minimum atomic E-state index is 0.491. The largest absolute Gasteiger partial charge is 0.378 e. The number of hydrogen-bond donors (Lipinski definition) is 1. The molecule has 0 bridgehead atoms. The fourth-order valence-corrected chi connectivity index (χ4v) is 2.52. The number of unbranched alkanes of at least 4 members (excludes halogenated alkanes) is 3. The highest BCUT2D eigenvalue weighted by Gasteiger charge is 2.10. The van der Waals surface area contributed by atoms with Gasteiger partial charge in [0.1, 0.15) is 0 Å². The third kappa shape index (κ3) is 6.81. The molecular formula is C19H32N2. The van der Waals surface area contributed by atoms with Gasteiger partial charge in [0.2, 0.25) is 0 Å². The Bertz CT molecular complexity index is 381. The van der Waals surface area contributed by atoms with Crippen molar-refractivity contribution in [3.63, 3.8) is 0 Å². The summed E-state index contributed by atoms with van der Waals surface area (Å²) in [5.41, 5.74) is 2.68. The van der Waals surface area contributed by atoms with Gasteiger partial charge < -0.3 is 10.2 Å². The molecule has 21 heavy (non-hydrogen) atoms. The van der Waals surface area contributed by atoms with E-state index < -0.39 is 0 Å². The maximum Gasteiger partial charge on any atom is 0.0361 e. The molecule has 0 radical (unpaired) electrons. The van der Waals surface area contributed by atoms with Crippen LogP contribution in [-0.2, 0) is 0 Å². The SMILES string of the molecule is C=CCCCCCC(NCCC)c1ccc(N(C)C)cc1. The second-order valence-electron chi connectivity index (χ2n) is 5.92. The molecule has 1 aromatic rings. The Morgan fingerprint density at radius 2 is 1.86 bits per heavy atom. The molecule has 0 amide bonds. The van der Waals surface area contributed by atoms with Crippen molar-refractivity contribution in [1.82, 2.24) is 5.32 Å². The Hall–Kier alpha value is -1.28. The van der Waals surface area contributed by atoms with Crippen LogP contribution in [0.3, 0.4) is 0 Å². The van der Waals surface area contributed by atoms with Gasteiger partial charge in [0.25, 0.3) is 0 Å². The van der Waals surface area contributed by atoms with Crippen LogP contribution in [0.5, 0.6) is 0 Å². The van der Waals surface area contributed by atoms with Crippen LogP contribution in [0.1, 0.15) is 57.1 Å². The van der Waals surface area contributed by atoms with E-state index in [2.05, 4.69) is 62.1 Å². The predicted octanol–water partition coefficient (Wildman–Crippen LogP) is 4.93. The van der Waals surface area contributed by atoms with Crippen LogP contribution in [0.4, 0.5) is 5.69 Å². The number of allylic oxidation sites excluding steroid dienone is 1. The first-order chi connectivity index (χ1) is 10.2. The number of nitrogens with zero attached hydrogens (tertiary/aromatic N) is 1. The van der Waals surface area contributed by atoms with Crippen LogP contribution in [0.25, 0.3) is 0 Å². The van der Waals surface area contributed by atoms with Crippen molar-refractivity contribution in [3.05, 3.63) is 42.5 Å². The number of rotatable bonds is 11. The van der Waals surface area contributed by atoms with Gasteiger partial charge in [0.05, 0.1) is 0 Å². The number of nitrogens with one attached hydrogen (secondary N) is 1. The normalized spacial score (nSPS) is 12.1. The molecular weight excluding hydrogens is 256 g/mol. The first kappa shape index (κ1) is 17.8. The van der Waals surface area contributed by atoms with E-state index >= 15 is 0 Å². The van der Waals surface area contributed by atoms with Crippen molar-refractivity contribution < 1.29 is 0 Å². The fourth-order valence-electron chi connectivity index (χ4n) is 2.52. The third-order valence-corrected chi connectivity index (χ3v) is 3.85. The Kier molecular flexibility index (Phi) is 8.84. The van der Waals surface area contributed by atoms with Gasteiger partial charge in [-0.1, -0.05) is 38.0 Å². The molecule has 2 nitrogen and oxygen atoms in total. The van der Waals surface area contributed by atoms with Gasteiger partial charge in [0.15, 0.2) is 0 Å². The van der Waals surface area contributed by atoms with Crippen LogP contribution < -0.4 is 10.2 Å². The molecule has 0 heterocycles. The molecule has 0 fully saturated rings. The van der Waals surface area contributed by atoms with E-state index in [1.807, 2.05) is 6.08 Å². The average molecular weight is 288 g/mol. The zero-order valence-electron chi connectivity index (χ0n) is 14.1. The highest BCUT2D eigenvalue weighted by atomic mass is 15.1. The van der Waals surface area contributed by atoms with Gasteiger partial charge >= 0.3 is 0 Å². The number of benzene rings is 1. The maximum atomic E-state index is 3.79. The molecule has 0 aromatic heterocycles. The molecule has 0 saturated carbocycles. The van der Waals surface area contributed by atoms with E-state index in [-0.39, 0.29) is 0 Å². The lowest BCUT2D eigenvalue weighted by molar-refractivity contribution is 0.472. The lowest BCUT2D eigenvalue weighted by atomic mass is 9.99. The van der Waals surface area contributed by atoms with Crippen molar-refractivity contribution in [3.8, 4) is 0 Å². The lowest BCUT2D eigenvalue weighted by Gasteiger charge is -2.20. The zero-order valence-corrected chi connectivity index (χ0v) is 14.1. The Morgan fingerprint density at radius 1 is 1.14 bits per heavy atom. The number of anilines is 1.